The second-order valence-corrected chi connectivity index (χ2v) is 2.36. The molecule has 0 unspecified atom stereocenters. The van der Waals surface area contributed by atoms with Crippen LogP contribution in [-0.2, 0) is 4.74 Å². The second kappa shape index (κ2) is 2.31. The average molecular weight is 112 g/mol. The van der Waals surface area contributed by atoms with E-state index >= 15 is 0 Å². The number of ether oxygens (including phenoxy) is 1. The first-order chi connectivity index (χ1) is 3.80. The standard InChI is InChI=1S/C7H12O/c1-6-3-4-8-5-7(6)2/h3-5H2,1-2H3. The monoisotopic (exact) mass is 112 g/mol. The summed E-state index contributed by atoms with van der Waals surface area (Å²) in [5.74, 6) is 0. The van der Waals surface area contributed by atoms with Crippen LogP contribution in [0, 0.1) is 0 Å². The van der Waals surface area contributed by atoms with E-state index in [-0.39, 0.29) is 0 Å². The fourth-order valence-electron chi connectivity index (χ4n) is 0.787. The van der Waals surface area contributed by atoms with Gasteiger partial charge in [-0.1, -0.05) is 5.57 Å². The van der Waals surface area contributed by atoms with E-state index in [1.165, 1.54) is 11.1 Å². The lowest BCUT2D eigenvalue weighted by molar-refractivity contribution is 0.146. The Balaban J connectivity index is 2.60. The van der Waals surface area contributed by atoms with Gasteiger partial charge in [0.2, 0.25) is 0 Å². The summed E-state index contributed by atoms with van der Waals surface area (Å²) < 4.78 is 5.19. The van der Waals surface area contributed by atoms with Crippen LogP contribution >= 0.6 is 0 Å². The lowest BCUT2D eigenvalue weighted by Gasteiger charge is -2.13. The number of hydrogen-bond donors (Lipinski definition) is 0. The Morgan fingerprint density at radius 3 is 2.38 bits per heavy atom. The highest BCUT2D eigenvalue weighted by molar-refractivity contribution is 5.11. The van der Waals surface area contributed by atoms with E-state index in [9.17, 15) is 0 Å². The van der Waals surface area contributed by atoms with Crippen molar-refractivity contribution >= 4 is 0 Å². The van der Waals surface area contributed by atoms with Crippen molar-refractivity contribution < 1.29 is 4.74 Å². The maximum atomic E-state index is 5.19. The molecule has 0 aromatic rings. The molecule has 0 spiro atoms. The minimum absolute atomic E-state index is 0.853. The number of hydrogen-bond acceptors (Lipinski definition) is 1. The van der Waals surface area contributed by atoms with Crippen LogP contribution in [0.5, 0.6) is 0 Å². The molecule has 0 bridgehead atoms. The van der Waals surface area contributed by atoms with Gasteiger partial charge < -0.3 is 4.74 Å². The predicted molar refractivity (Wildman–Crippen MR) is 33.8 cm³/mol. The van der Waals surface area contributed by atoms with Gasteiger partial charge in [-0.15, -0.1) is 0 Å². The largest absolute Gasteiger partial charge is 0.377 e. The zero-order valence-corrected chi connectivity index (χ0v) is 5.53. The summed E-state index contributed by atoms with van der Waals surface area (Å²) >= 11 is 0. The van der Waals surface area contributed by atoms with Crippen LogP contribution in [0.25, 0.3) is 0 Å². The summed E-state index contributed by atoms with van der Waals surface area (Å²) in [4.78, 5) is 0. The van der Waals surface area contributed by atoms with Crippen LogP contribution in [0.2, 0.25) is 0 Å². The molecule has 1 rings (SSSR count). The molecule has 0 aliphatic carbocycles. The van der Waals surface area contributed by atoms with E-state index in [0.717, 1.165) is 19.6 Å². The van der Waals surface area contributed by atoms with Crippen molar-refractivity contribution in [3.05, 3.63) is 11.1 Å². The van der Waals surface area contributed by atoms with Crippen LogP contribution in [0.1, 0.15) is 20.3 Å². The molecule has 0 saturated carbocycles. The van der Waals surface area contributed by atoms with Crippen molar-refractivity contribution in [3.63, 3.8) is 0 Å². The van der Waals surface area contributed by atoms with E-state index in [0.29, 0.717) is 0 Å². The third kappa shape index (κ3) is 1.10. The second-order valence-electron chi connectivity index (χ2n) is 2.36. The van der Waals surface area contributed by atoms with Gasteiger partial charge in [-0.05, 0) is 25.8 Å². The van der Waals surface area contributed by atoms with Crippen molar-refractivity contribution in [2.24, 2.45) is 0 Å². The van der Waals surface area contributed by atoms with Gasteiger partial charge in [0, 0.05) is 0 Å². The maximum Gasteiger partial charge on any atom is 0.0676 e. The molecule has 0 aromatic heterocycles. The van der Waals surface area contributed by atoms with Gasteiger partial charge in [-0.2, -0.15) is 0 Å². The first kappa shape index (κ1) is 5.83. The van der Waals surface area contributed by atoms with Crippen LogP contribution in [0.4, 0.5) is 0 Å². The molecule has 0 saturated heterocycles. The van der Waals surface area contributed by atoms with Gasteiger partial charge in [-0.25, -0.2) is 0 Å². The molecule has 0 N–H and O–H groups in total. The molecule has 1 heterocycles. The van der Waals surface area contributed by atoms with Gasteiger partial charge in [0.15, 0.2) is 0 Å². The first-order valence-electron chi connectivity index (χ1n) is 3.03. The van der Waals surface area contributed by atoms with Gasteiger partial charge in [0.1, 0.15) is 0 Å². The van der Waals surface area contributed by atoms with E-state index in [1.807, 2.05) is 0 Å². The fourth-order valence-corrected chi connectivity index (χ4v) is 0.787. The van der Waals surface area contributed by atoms with Crippen molar-refractivity contribution in [2.75, 3.05) is 13.2 Å². The highest BCUT2D eigenvalue weighted by atomic mass is 16.5. The summed E-state index contributed by atoms with van der Waals surface area (Å²) in [6.45, 7) is 6.08. The van der Waals surface area contributed by atoms with Gasteiger partial charge >= 0.3 is 0 Å². The van der Waals surface area contributed by atoms with E-state index in [4.69, 9.17) is 4.74 Å². The van der Waals surface area contributed by atoms with E-state index in [1.54, 1.807) is 0 Å². The number of rotatable bonds is 0. The molecule has 8 heavy (non-hydrogen) atoms. The van der Waals surface area contributed by atoms with Crippen LogP contribution in [-0.4, -0.2) is 13.2 Å². The first-order valence-corrected chi connectivity index (χ1v) is 3.03. The molecular formula is C7H12O. The van der Waals surface area contributed by atoms with Crippen molar-refractivity contribution in [3.8, 4) is 0 Å². The summed E-state index contributed by atoms with van der Waals surface area (Å²) in [5, 5.41) is 0. The quantitative estimate of drug-likeness (QED) is 0.434. The highest BCUT2D eigenvalue weighted by Crippen LogP contribution is 2.12. The Morgan fingerprint density at radius 2 is 2.00 bits per heavy atom. The molecule has 1 nitrogen and oxygen atoms in total. The molecule has 0 atom stereocenters. The summed E-state index contributed by atoms with van der Waals surface area (Å²) in [5.41, 5.74) is 2.92. The van der Waals surface area contributed by atoms with E-state index in [2.05, 4.69) is 13.8 Å². The topological polar surface area (TPSA) is 9.23 Å². The zero-order chi connectivity index (χ0) is 5.98. The Morgan fingerprint density at radius 1 is 1.25 bits per heavy atom. The molecular weight excluding hydrogens is 100 g/mol. The Bertz CT molecular complexity index is 99.6. The third-order valence-electron chi connectivity index (χ3n) is 1.67. The van der Waals surface area contributed by atoms with Gasteiger partial charge in [0.05, 0.1) is 13.2 Å². The molecule has 0 radical (unpaired) electrons. The third-order valence-corrected chi connectivity index (χ3v) is 1.67. The minimum atomic E-state index is 0.853. The zero-order valence-electron chi connectivity index (χ0n) is 5.53. The Hall–Kier alpha value is -0.300. The van der Waals surface area contributed by atoms with Crippen molar-refractivity contribution in [1.29, 1.82) is 0 Å². The molecule has 1 aliphatic rings. The molecule has 1 heteroatoms. The average Bonchev–Trinajstić information content (AvgIpc) is 1.77. The van der Waals surface area contributed by atoms with Crippen molar-refractivity contribution in [1.82, 2.24) is 0 Å². The van der Waals surface area contributed by atoms with Gasteiger partial charge in [0.25, 0.3) is 0 Å². The summed E-state index contributed by atoms with van der Waals surface area (Å²) in [6.07, 6.45) is 1.13. The lowest BCUT2D eigenvalue weighted by Crippen LogP contribution is -2.06. The molecule has 0 amide bonds. The van der Waals surface area contributed by atoms with Crippen LogP contribution in [0.3, 0.4) is 0 Å². The molecule has 1 aliphatic heterocycles. The van der Waals surface area contributed by atoms with Crippen LogP contribution in [0.15, 0.2) is 11.1 Å². The predicted octanol–water partition coefficient (Wildman–Crippen LogP) is 1.74. The fraction of sp³-hybridized carbons (Fsp3) is 0.714. The van der Waals surface area contributed by atoms with Crippen LogP contribution < -0.4 is 0 Å². The smallest absolute Gasteiger partial charge is 0.0676 e. The minimum Gasteiger partial charge on any atom is -0.377 e. The normalized spacial score (nSPS) is 21.8. The Labute approximate surface area is 50.3 Å². The summed E-state index contributed by atoms with van der Waals surface area (Å²) in [6, 6.07) is 0. The SMILES string of the molecule is CC1=C(C)COCC1. The Kier molecular flexibility index (Phi) is 1.69. The van der Waals surface area contributed by atoms with Gasteiger partial charge in [-0.3, -0.25) is 0 Å². The highest BCUT2D eigenvalue weighted by Gasteiger charge is 2.02. The summed E-state index contributed by atoms with van der Waals surface area (Å²) in [7, 11) is 0. The molecule has 46 valence electrons. The molecule has 0 aromatic carbocycles. The maximum absolute atomic E-state index is 5.19. The lowest BCUT2D eigenvalue weighted by atomic mass is 10.1. The molecule has 0 fully saturated rings. The van der Waals surface area contributed by atoms with Crippen molar-refractivity contribution in [2.45, 2.75) is 20.3 Å². The van der Waals surface area contributed by atoms with E-state index < -0.39 is 0 Å².